The minimum Gasteiger partial charge on any atom is -0.282 e. The molecule has 3 nitrogen and oxygen atoms in total. The molecule has 0 saturated carbocycles. The second kappa shape index (κ2) is 2.58. The predicted molar refractivity (Wildman–Crippen MR) is 43.6 cm³/mol. The smallest absolute Gasteiger partial charge is 0.282 e. The van der Waals surface area contributed by atoms with Crippen LogP contribution in [0.25, 0.3) is 0 Å². The summed E-state index contributed by atoms with van der Waals surface area (Å²) >= 11 is 1.32. The van der Waals surface area contributed by atoms with Gasteiger partial charge in [0.05, 0.1) is 0 Å². The maximum absolute atomic E-state index is 10.7. The average molecular weight is 192 g/mol. The lowest BCUT2D eigenvalue weighted by Gasteiger charge is -1.95. The second-order valence-electron chi connectivity index (χ2n) is 2.28. The van der Waals surface area contributed by atoms with Crippen molar-refractivity contribution in [2.75, 3.05) is 0 Å². The molecule has 0 aliphatic carbocycles. The molecule has 1 heterocycles. The van der Waals surface area contributed by atoms with Crippen LogP contribution in [0.15, 0.2) is 10.3 Å². The first kappa shape index (κ1) is 8.70. The molecule has 1 N–H and O–H groups in total. The third kappa shape index (κ3) is 1.61. The van der Waals surface area contributed by atoms with Gasteiger partial charge in [0, 0.05) is 4.88 Å². The molecule has 0 saturated heterocycles. The maximum Gasteiger partial charge on any atom is 0.295 e. The van der Waals surface area contributed by atoms with Crippen molar-refractivity contribution in [3.63, 3.8) is 0 Å². The molecule has 1 rings (SSSR count). The van der Waals surface area contributed by atoms with E-state index in [4.69, 9.17) is 4.55 Å². The van der Waals surface area contributed by atoms with Crippen molar-refractivity contribution in [2.45, 2.75) is 18.7 Å². The van der Waals surface area contributed by atoms with Gasteiger partial charge in [-0.15, -0.1) is 11.3 Å². The van der Waals surface area contributed by atoms with Crippen LogP contribution >= 0.6 is 11.3 Å². The van der Waals surface area contributed by atoms with Gasteiger partial charge in [-0.2, -0.15) is 8.42 Å². The largest absolute Gasteiger partial charge is 0.295 e. The molecular weight excluding hydrogens is 184 g/mol. The number of hydrogen-bond donors (Lipinski definition) is 1. The zero-order chi connectivity index (χ0) is 8.65. The van der Waals surface area contributed by atoms with E-state index in [0.717, 1.165) is 0 Å². The normalized spacial score (nSPS) is 11.9. The summed E-state index contributed by atoms with van der Waals surface area (Å²) in [5.41, 5.74) is 0.606. The molecule has 62 valence electrons. The monoisotopic (exact) mass is 192 g/mol. The van der Waals surface area contributed by atoms with Crippen molar-refractivity contribution in [1.82, 2.24) is 0 Å². The summed E-state index contributed by atoms with van der Waals surface area (Å²) in [7, 11) is -4.01. The predicted octanol–water partition coefficient (Wildman–Crippen LogP) is 1.61. The summed E-state index contributed by atoms with van der Waals surface area (Å²) in [5, 5.41) is 1.71. The molecule has 0 spiro atoms. The van der Waals surface area contributed by atoms with Crippen molar-refractivity contribution in [1.29, 1.82) is 0 Å². The van der Waals surface area contributed by atoms with Gasteiger partial charge in [0.2, 0.25) is 0 Å². The Morgan fingerprint density at radius 1 is 1.45 bits per heavy atom. The van der Waals surface area contributed by atoms with Crippen molar-refractivity contribution in [3.8, 4) is 0 Å². The van der Waals surface area contributed by atoms with Gasteiger partial charge in [0.25, 0.3) is 10.1 Å². The topological polar surface area (TPSA) is 54.4 Å². The Morgan fingerprint density at radius 2 is 2.00 bits per heavy atom. The highest BCUT2D eigenvalue weighted by Crippen LogP contribution is 2.24. The summed E-state index contributed by atoms with van der Waals surface area (Å²) < 4.78 is 30.1. The molecule has 1 aromatic heterocycles. The standard InChI is InChI=1S/C6H8O3S2/c1-4-3-10-5(2)6(4)11(7,8)9/h3H,1-2H3,(H,7,8,9). The molecular formula is C6H8O3S2. The molecule has 0 aliphatic heterocycles. The van der Waals surface area contributed by atoms with Crippen LogP contribution < -0.4 is 0 Å². The summed E-state index contributed by atoms with van der Waals surface area (Å²) in [6.07, 6.45) is 0. The minimum absolute atomic E-state index is 0.0579. The van der Waals surface area contributed by atoms with E-state index < -0.39 is 10.1 Å². The van der Waals surface area contributed by atoms with Crippen LogP contribution in [-0.2, 0) is 10.1 Å². The third-order valence-corrected chi connectivity index (χ3v) is 3.65. The van der Waals surface area contributed by atoms with E-state index in [2.05, 4.69) is 0 Å². The van der Waals surface area contributed by atoms with Crippen LogP contribution in [0.2, 0.25) is 0 Å². The molecule has 0 unspecified atom stereocenters. The summed E-state index contributed by atoms with van der Waals surface area (Å²) in [4.78, 5) is 0.688. The minimum atomic E-state index is -4.01. The zero-order valence-electron chi connectivity index (χ0n) is 6.16. The molecule has 5 heteroatoms. The van der Waals surface area contributed by atoms with Crippen LogP contribution in [-0.4, -0.2) is 13.0 Å². The average Bonchev–Trinajstić information content (AvgIpc) is 2.08. The summed E-state index contributed by atoms with van der Waals surface area (Å²) in [6, 6.07) is 0. The Morgan fingerprint density at radius 3 is 2.18 bits per heavy atom. The molecule has 0 bridgehead atoms. The highest BCUT2D eigenvalue weighted by atomic mass is 32.2. The molecule has 0 atom stereocenters. The first-order valence-electron chi connectivity index (χ1n) is 2.95. The van der Waals surface area contributed by atoms with E-state index >= 15 is 0 Å². The zero-order valence-corrected chi connectivity index (χ0v) is 7.79. The van der Waals surface area contributed by atoms with E-state index in [1.54, 1.807) is 19.2 Å². The Labute approximate surface area is 69.4 Å². The fourth-order valence-electron chi connectivity index (χ4n) is 0.947. The van der Waals surface area contributed by atoms with Crippen molar-refractivity contribution in [2.24, 2.45) is 0 Å². The Kier molecular flexibility index (Phi) is 2.04. The number of aryl methyl sites for hydroxylation is 2. The molecule has 0 amide bonds. The van der Waals surface area contributed by atoms with E-state index in [-0.39, 0.29) is 4.90 Å². The lowest BCUT2D eigenvalue weighted by molar-refractivity contribution is 0.482. The Hall–Kier alpha value is -0.390. The van der Waals surface area contributed by atoms with Gasteiger partial charge in [0.15, 0.2) is 0 Å². The maximum atomic E-state index is 10.7. The van der Waals surface area contributed by atoms with Gasteiger partial charge >= 0.3 is 0 Å². The Balaban J connectivity index is 3.45. The summed E-state index contributed by atoms with van der Waals surface area (Å²) in [6.45, 7) is 3.33. The molecule has 0 aliphatic rings. The van der Waals surface area contributed by atoms with Crippen molar-refractivity contribution in [3.05, 3.63) is 15.8 Å². The van der Waals surface area contributed by atoms with Crippen molar-refractivity contribution >= 4 is 21.5 Å². The van der Waals surface area contributed by atoms with Gasteiger partial charge in [-0.1, -0.05) is 0 Å². The first-order valence-corrected chi connectivity index (χ1v) is 5.27. The molecule has 0 aromatic carbocycles. The number of hydrogen-bond acceptors (Lipinski definition) is 3. The van der Waals surface area contributed by atoms with Gasteiger partial charge < -0.3 is 0 Å². The van der Waals surface area contributed by atoms with Crippen LogP contribution in [0.3, 0.4) is 0 Å². The lowest BCUT2D eigenvalue weighted by Crippen LogP contribution is -1.99. The molecule has 11 heavy (non-hydrogen) atoms. The molecule has 0 fully saturated rings. The van der Waals surface area contributed by atoms with E-state index in [1.807, 2.05) is 0 Å². The Bertz CT molecular complexity index is 342. The first-order chi connectivity index (χ1) is 4.93. The fourth-order valence-corrected chi connectivity index (χ4v) is 3.05. The van der Waals surface area contributed by atoms with E-state index in [9.17, 15) is 8.42 Å². The van der Waals surface area contributed by atoms with Crippen LogP contribution in [0.1, 0.15) is 10.4 Å². The number of rotatable bonds is 1. The van der Waals surface area contributed by atoms with E-state index in [0.29, 0.717) is 10.4 Å². The van der Waals surface area contributed by atoms with Gasteiger partial charge in [0.1, 0.15) is 4.90 Å². The van der Waals surface area contributed by atoms with Crippen LogP contribution in [0, 0.1) is 13.8 Å². The summed E-state index contributed by atoms with van der Waals surface area (Å²) in [5.74, 6) is 0. The second-order valence-corrected chi connectivity index (χ2v) is 4.72. The SMILES string of the molecule is Cc1csc(C)c1S(=O)(=O)O. The van der Waals surface area contributed by atoms with Gasteiger partial charge in [-0.05, 0) is 24.8 Å². The lowest BCUT2D eigenvalue weighted by atomic mass is 10.3. The highest BCUT2D eigenvalue weighted by molar-refractivity contribution is 7.86. The van der Waals surface area contributed by atoms with Crippen molar-refractivity contribution < 1.29 is 13.0 Å². The van der Waals surface area contributed by atoms with Gasteiger partial charge in [-0.25, -0.2) is 0 Å². The van der Waals surface area contributed by atoms with Crippen LogP contribution in [0.4, 0.5) is 0 Å². The van der Waals surface area contributed by atoms with E-state index in [1.165, 1.54) is 11.3 Å². The fraction of sp³-hybridized carbons (Fsp3) is 0.333. The third-order valence-electron chi connectivity index (χ3n) is 1.35. The molecule has 1 aromatic rings. The highest BCUT2D eigenvalue weighted by Gasteiger charge is 2.17. The quantitative estimate of drug-likeness (QED) is 0.688. The van der Waals surface area contributed by atoms with Crippen LogP contribution in [0.5, 0.6) is 0 Å². The van der Waals surface area contributed by atoms with Gasteiger partial charge in [-0.3, -0.25) is 4.55 Å². The number of thiophene rings is 1. The molecule has 0 radical (unpaired) electrons.